The number of hydrogen-bond donors (Lipinski definition) is 1. The van der Waals surface area contributed by atoms with Crippen LogP contribution in [0.3, 0.4) is 0 Å². The molecule has 0 radical (unpaired) electrons. The van der Waals surface area contributed by atoms with Gasteiger partial charge in [-0.1, -0.05) is 97.3 Å². The van der Waals surface area contributed by atoms with Gasteiger partial charge in [0.25, 0.3) is 0 Å². The highest BCUT2D eigenvalue weighted by atomic mass is 16.3. The fraction of sp³-hybridized carbons (Fsp3) is 1.00. The molecule has 1 N–H and O–H groups in total. The van der Waals surface area contributed by atoms with Crippen LogP contribution in [0.4, 0.5) is 0 Å². The van der Waals surface area contributed by atoms with E-state index < -0.39 is 0 Å². The molecule has 1 heteroatoms. The Bertz CT molecular complexity index is 156. The van der Waals surface area contributed by atoms with Crippen LogP contribution in [0.1, 0.15) is 110 Å². The highest BCUT2D eigenvalue weighted by molar-refractivity contribution is 4.56. The maximum Gasteiger partial charge on any atom is 0.0540 e. The van der Waals surface area contributed by atoms with E-state index in [1.165, 1.54) is 83.5 Å². The number of hydrogen-bond acceptors (Lipinski definition) is 1. The van der Waals surface area contributed by atoms with Crippen molar-refractivity contribution in [3.8, 4) is 0 Å². The van der Waals surface area contributed by atoms with Crippen molar-refractivity contribution in [2.75, 3.05) is 0 Å². The van der Waals surface area contributed by atoms with Crippen LogP contribution in [-0.2, 0) is 0 Å². The monoisotopic (exact) mass is 270 g/mol. The van der Waals surface area contributed by atoms with Gasteiger partial charge in [0.05, 0.1) is 6.10 Å². The fourth-order valence-corrected chi connectivity index (χ4v) is 2.63. The van der Waals surface area contributed by atoms with E-state index in [-0.39, 0.29) is 6.10 Å². The molecule has 0 saturated carbocycles. The lowest BCUT2D eigenvalue weighted by Crippen LogP contribution is -2.05. The van der Waals surface area contributed by atoms with Gasteiger partial charge >= 0.3 is 0 Å². The second kappa shape index (κ2) is 16.0. The van der Waals surface area contributed by atoms with Crippen molar-refractivity contribution in [2.45, 2.75) is 116 Å². The third kappa shape index (κ3) is 15.9. The Labute approximate surface area is 122 Å². The second-order valence-corrected chi connectivity index (χ2v) is 6.12. The quantitative estimate of drug-likeness (QED) is 0.349. The Balaban J connectivity index is 3.02. The normalized spacial score (nSPS) is 12.8. The van der Waals surface area contributed by atoms with Crippen LogP contribution < -0.4 is 0 Å². The van der Waals surface area contributed by atoms with E-state index in [2.05, 4.69) is 13.8 Å². The third-order valence-electron chi connectivity index (χ3n) is 4.03. The standard InChI is InChI=1S/C18H38O/c1-3-5-7-8-9-10-11-12-13-14-15-17-18(19)16-6-4-2/h18-19H,3-17H2,1-2H3. The van der Waals surface area contributed by atoms with Gasteiger partial charge < -0.3 is 5.11 Å². The minimum Gasteiger partial charge on any atom is -0.393 e. The fourth-order valence-electron chi connectivity index (χ4n) is 2.63. The Morgan fingerprint density at radius 2 is 0.895 bits per heavy atom. The molecule has 0 bridgehead atoms. The van der Waals surface area contributed by atoms with Crippen LogP contribution in [0.5, 0.6) is 0 Å². The molecule has 0 amide bonds. The van der Waals surface area contributed by atoms with Gasteiger partial charge in [-0.2, -0.15) is 0 Å². The largest absolute Gasteiger partial charge is 0.393 e. The highest BCUT2D eigenvalue weighted by Gasteiger charge is 2.02. The summed E-state index contributed by atoms with van der Waals surface area (Å²) in [4.78, 5) is 0. The zero-order valence-corrected chi connectivity index (χ0v) is 13.6. The minimum atomic E-state index is -0.0292. The van der Waals surface area contributed by atoms with Crippen molar-refractivity contribution < 1.29 is 5.11 Å². The molecule has 0 rings (SSSR count). The van der Waals surface area contributed by atoms with E-state index in [0.29, 0.717) is 0 Å². The summed E-state index contributed by atoms with van der Waals surface area (Å²) in [5.41, 5.74) is 0. The summed E-state index contributed by atoms with van der Waals surface area (Å²) < 4.78 is 0. The molecule has 1 nitrogen and oxygen atoms in total. The smallest absolute Gasteiger partial charge is 0.0540 e. The van der Waals surface area contributed by atoms with Gasteiger partial charge in [-0.15, -0.1) is 0 Å². The van der Waals surface area contributed by atoms with E-state index in [0.717, 1.165) is 12.8 Å². The number of unbranched alkanes of at least 4 members (excludes halogenated alkanes) is 11. The van der Waals surface area contributed by atoms with E-state index >= 15 is 0 Å². The molecule has 0 fully saturated rings. The summed E-state index contributed by atoms with van der Waals surface area (Å²) in [7, 11) is 0. The van der Waals surface area contributed by atoms with Crippen LogP contribution in [0.25, 0.3) is 0 Å². The van der Waals surface area contributed by atoms with Crippen molar-refractivity contribution >= 4 is 0 Å². The second-order valence-electron chi connectivity index (χ2n) is 6.12. The topological polar surface area (TPSA) is 20.2 Å². The SMILES string of the molecule is CCCCCCCCCCCCCC(O)CCCC. The van der Waals surface area contributed by atoms with Gasteiger partial charge in [0.15, 0.2) is 0 Å². The number of rotatable bonds is 15. The van der Waals surface area contributed by atoms with E-state index in [4.69, 9.17) is 0 Å². The van der Waals surface area contributed by atoms with E-state index in [1.54, 1.807) is 0 Å². The van der Waals surface area contributed by atoms with Crippen molar-refractivity contribution in [2.24, 2.45) is 0 Å². The van der Waals surface area contributed by atoms with Crippen molar-refractivity contribution in [1.29, 1.82) is 0 Å². The van der Waals surface area contributed by atoms with Crippen LogP contribution in [0, 0.1) is 0 Å². The van der Waals surface area contributed by atoms with E-state index in [1.807, 2.05) is 0 Å². The Morgan fingerprint density at radius 1 is 0.526 bits per heavy atom. The summed E-state index contributed by atoms with van der Waals surface area (Å²) in [6, 6.07) is 0. The van der Waals surface area contributed by atoms with Crippen molar-refractivity contribution in [3.05, 3.63) is 0 Å². The summed E-state index contributed by atoms with van der Waals surface area (Å²) in [5.74, 6) is 0. The molecule has 116 valence electrons. The molecule has 0 aliphatic heterocycles. The molecule has 0 spiro atoms. The molecule has 19 heavy (non-hydrogen) atoms. The van der Waals surface area contributed by atoms with Crippen LogP contribution in [0.2, 0.25) is 0 Å². The Morgan fingerprint density at radius 3 is 1.37 bits per heavy atom. The number of aliphatic hydroxyl groups is 1. The van der Waals surface area contributed by atoms with Crippen molar-refractivity contribution in [1.82, 2.24) is 0 Å². The molecule has 0 aromatic heterocycles. The first-order valence-corrected chi connectivity index (χ1v) is 8.99. The lowest BCUT2D eigenvalue weighted by atomic mass is 10.0. The van der Waals surface area contributed by atoms with Crippen LogP contribution in [-0.4, -0.2) is 11.2 Å². The first-order valence-electron chi connectivity index (χ1n) is 8.99. The zero-order chi connectivity index (χ0) is 14.2. The molecule has 1 unspecified atom stereocenters. The summed E-state index contributed by atoms with van der Waals surface area (Å²) in [6.07, 6.45) is 19.6. The Kier molecular flexibility index (Phi) is 16.0. The summed E-state index contributed by atoms with van der Waals surface area (Å²) in [6.45, 7) is 4.47. The van der Waals surface area contributed by atoms with Crippen molar-refractivity contribution in [3.63, 3.8) is 0 Å². The lowest BCUT2D eigenvalue weighted by Gasteiger charge is -2.09. The molecule has 0 saturated heterocycles. The summed E-state index contributed by atoms with van der Waals surface area (Å²) >= 11 is 0. The van der Waals surface area contributed by atoms with Crippen LogP contribution in [0.15, 0.2) is 0 Å². The predicted molar refractivity (Wildman–Crippen MR) is 86.6 cm³/mol. The Hall–Kier alpha value is -0.0400. The van der Waals surface area contributed by atoms with Gasteiger partial charge in [-0.3, -0.25) is 0 Å². The van der Waals surface area contributed by atoms with Gasteiger partial charge in [-0.25, -0.2) is 0 Å². The van der Waals surface area contributed by atoms with E-state index in [9.17, 15) is 5.11 Å². The highest BCUT2D eigenvalue weighted by Crippen LogP contribution is 2.13. The molecule has 0 aliphatic rings. The van der Waals surface area contributed by atoms with Gasteiger partial charge in [0.2, 0.25) is 0 Å². The molecule has 0 heterocycles. The maximum atomic E-state index is 9.72. The lowest BCUT2D eigenvalue weighted by molar-refractivity contribution is 0.148. The average molecular weight is 271 g/mol. The van der Waals surface area contributed by atoms with Gasteiger partial charge in [0, 0.05) is 0 Å². The minimum absolute atomic E-state index is 0.0292. The molecular weight excluding hydrogens is 232 g/mol. The van der Waals surface area contributed by atoms with Gasteiger partial charge in [0.1, 0.15) is 0 Å². The van der Waals surface area contributed by atoms with Crippen LogP contribution >= 0.6 is 0 Å². The summed E-state index contributed by atoms with van der Waals surface area (Å²) in [5, 5.41) is 9.72. The first kappa shape index (κ1) is 19.0. The zero-order valence-electron chi connectivity index (χ0n) is 13.6. The average Bonchev–Trinajstić information content (AvgIpc) is 2.42. The molecule has 0 aromatic carbocycles. The first-order chi connectivity index (χ1) is 9.31. The number of aliphatic hydroxyl groups excluding tert-OH is 1. The van der Waals surface area contributed by atoms with Gasteiger partial charge in [-0.05, 0) is 12.8 Å². The molecule has 1 atom stereocenters. The third-order valence-corrected chi connectivity index (χ3v) is 4.03. The molecule has 0 aliphatic carbocycles. The molecular formula is C18H38O. The predicted octanol–water partition coefficient (Wildman–Crippen LogP) is 6.24. The maximum absolute atomic E-state index is 9.72. The molecule has 0 aromatic rings.